The smallest absolute Gasteiger partial charge is 0.345 e. The molecule has 0 aromatic carbocycles. The van der Waals surface area contributed by atoms with Crippen molar-refractivity contribution in [2.24, 2.45) is 39.5 Å². The number of hydrogen-bond acceptors (Lipinski definition) is 10. The summed E-state index contributed by atoms with van der Waals surface area (Å²) in [6.07, 6.45) is 6.20. The molecular formula is C34H43NO9. The van der Waals surface area contributed by atoms with E-state index in [1.807, 2.05) is 13.8 Å². The maximum absolute atomic E-state index is 13.4. The number of aliphatic hydroxyl groups is 2. The van der Waals surface area contributed by atoms with Gasteiger partial charge in [-0.1, -0.05) is 26.5 Å². The molecule has 1 aliphatic heterocycles. The third-order valence-electron chi connectivity index (χ3n) is 11.1. The zero-order valence-electron chi connectivity index (χ0n) is 25.9. The molecule has 4 saturated carbocycles. The van der Waals surface area contributed by atoms with Crippen LogP contribution in [0, 0.1) is 34.5 Å². The minimum Gasteiger partial charge on any atom is -0.484 e. The van der Waals surface area contributed by atoms with Crippen LogP contribution < -0.4 is 10.4 Å². The number of rotatable bonds is 8. The van der Waals surface area contributed by atoms with Crippen molar-refractivity contribution >= 4 is 23.7 Å². The molecule has 6 rings (SSSR count). The van der Waals surface area contributed by atoms with Crippen molar-refractivity contribution in [3.05, 3.63) is 46.7 Å². The van der Waals surface area contributed by atoms with E-state index in [4.69, 9.17) is 18.6 Å². The van der Waals surface area contributed by atoms with Gasteiger partial charge in [0.2, 0.25) is 0 Å². The second-order valence-electron chi connectivity index (χ2n) is 14.0. The molecule has 5 aliphatic rings. The van der Waals surface area contributed by atoms with Crippen LogP contribution in [0.3, 0.4) is 0 Å². The Bertz CT molecular complexity index is 1470. The van der Waals surface area contributed by atoms with E-state index in [0.717, 1.165) is 25.7 Å². The third kappa shape index (κ3) is 4.94. The molecule has 0 saturated heterocycles. The van der Waals surface area contributed by atoms with Crippen molar-refractivity contribution in [3.63, 3.8) is 0 Å². The summed E-state index contributed by atoms with van der Waals surface area (Å²) in [5, 5.41) is 23.9. The molecule has 4 aliphatic carbocycles. The quantitative estimate of drug-likeness (QED) is 0.247. The summed E-state index contributed by atoms with van der Waals surface area (Å²) in [6, 6.07) is 1.54. The molecule has 8 atom stereocenters. The lowest BCUT2D eigenvalue weighted by molar-refractivity contribution is -0.267. The lowest BCUT2D eigenvalue weighted by Gasteiger charge is -2.66. The van der Waals surface area contributed by atoms with Gasteiger partial charge in [-0.3, -0.25) is 14.6 Å². The fourth-order valence-corrected chi connectivity index (χ4v) is 8.32. The predicted octanol–water partition coefficient (Wildman–Crippen LogP) is 4.52. The Balaban J connectivity index is 1.39. The molecule has 10 nitrogen and oxygen atoms in total. The first-order chi connectivity index (χ1) is 20.9. The summed E-state index contributed by atoms with van der Waals surface area (Å²) >= 11 is 0. The molecule has 0 radical (unpaired) electrons. The first kappa shape index (κ1) is 30.8. The highest BCUT2D eigenvalue weighted by Gasteiger charge is 2.70. The zero-order valence-corrected chi connectivity index (χ0v) is 25.9. The van der Waals surface area contributed by atoms with Crippen LogP contribution in [0.1, 0.15) is 90.1 Å². The lowest BCUT2D eigenvalue weighted by Crippen LogP contribution is -2.71. The van der Waals surface area contributed by atoms with Crippen LogP contribution in [0.4, 0.5) is 0 Å². The van der Waals surface area contributed by atoms with E-state index in [0.29, 0.717) is 18.4 Å². The standard InChI is InChI=1S/C34H43NO9/c1-6-18(16-35-7-2)21-14-22-26(31(40)42-21)27(37)28-32(3)13-12-25(43-30(39)20-10-11-20)33(4,17-41-29(38)19-8-9-19)23(32)15-24(36)34(28,5)44-22/h6-7,14,16,19-20,23-25,27-28,36-37H,1,8-13,15,17H2,2-5H3/b18-16+,35-7-/t23-,24+,25+,27+,28-,32+,33?,34-/m1/s1. The molecular weight excluding hydrogens is 566 g/mol. The van der Waals surface area contributed by atoms with E-state index in [1.54, 1.807) is 20.1 Å². The monoisotopic (exact) mass is 609 g/mol. The highest BCUT2D eigenvalue weighted by molar-refractivity contribution is 5.76. The van der Waals surface area contributed by atoms with Crippen LogP contribution in [-0.2, 0) is 19.1 Å². The molecule has 0 spiro atoms. The summed E-state index contributed by atoms with van der Waals surface area (Å²) in [4.78, 5) is 43.1. The average Bonchev–Trinajstić information content (AvgIpc) is 3.88. The van der Waals surface area contributed by atoms with Crippen LogP contribution >= 0.6 is 0 Å². The van der Waals surface area contributed by atoms with Crippen LogP contribution in [0.25, 0.3) is 5.57 Å². The van der Waals surface area contributed by atoms with E-state index in [1.165, 1.54) is 18.3 Å². The molecule has 2 N–H and O–H groups in total. The van der Waals surface area contributed by atoms with E-state index >= 15 is 0 Å². The summed E-state index contributed by atoms with van der Waals surface area (Å²) < 4.78 is 24.2. The Morgan fingerprint density at radius 2 is 1.80 bits per heavy atom. The number of aliphatic hydroxyl groups excluding tert-OH is 2. The van der Waals surface area contributed by atoms with Gasteiger partial charge in [0.05, 0.1) is 24.0 Å². The number of carbonyl (C=O) groups is 2. The molecule has 1 aromatic rings. The van der Waals surface area contributed by atoms with Gasteiger partial charge in [-0.15, -0.1) is 0 Å². The highest BCUT2D eigenvalue weighted by Crippen LogP contribution is 2.67. The Morgan fingerprint density at radius 1 is 1.11 bits per heavy atom. The number of allylic oxidation sites excluding steroid dienone is 2. The Morgan fingerprint density at radius 3 is 2.43 bits per heavy atom. The molecule has 4 fully saturated rings. The number of ether oxygens (including phenoxy) is 3. The second kappa shape index (κ2) is 11.0. The number of esters is 2. The number of nitrogens with zero attached hydrogens (tertiary/aromatic N) is 1. The van der Waals surface area contributed by atoms with Crippen LogP contribution in [0.5, 0.6) is 5.75 Å². The van der Waals surface area contributed by atoms with Crippen molar-refractivity contribution in [1.82, 2.24) is 0 Å². The number of fused-ring (bicyclic) bond motifs is 4. The van der Waals surface area contributed by atoms with Crippen LogP contribution in [-0.4, -0.2) is 52.8 Å². The minimum absolute atomic E-state index is 0.00291. The maximum Gasteiger partial charge on any atom is 0.345 e. The second-order valence-corrected chi connectivity index (χ2v) is 14.0. The van der Waals surface area contributed by atoms with E-state index in [9.17, 15) is 24.6 Å². The average molecular weight is 610 g/mol. The summed E-state index contributed by atoms with van der Waals surface area (Å²) in [5.41, 5.74) is -3.08. The third-order valence-corrected chi connectivity index (χ3v) is 11.1. The van der Waals surface area contributed by atoms with Gasteiger partial charge in [-0.25, -0.2) is 4.79 Å². The van der Waals surface area contributed by atoms with Crippen molar-refractivity contribution < 1.29 is 38.4 Å². The number of carbonyl (C=O) groups excluding carboxylic acids is 2. The van der Waals surface area contributed by atoms with E-state index in [-0.39, 0.29) is 59.8 Å². The van der Waals surface area contributed by atoms with Gasteiger partial charge in [-0.05, 0) is 70.1 Å². The maximum atomic E-state index is 13.4. The highest BCUT2D eigenvalue weighted by atomic mass is 16.6. The van der Waals surface area contributed by atoms with Crippen LogP contribution in [0.2, 0.25) is 0 Å². The van der Waals surface area contributed by atoms with Crippen molar-refractivity contribution in [2.45, 2.75) is 96.6 Å². The van der Waals surface area contributed by atoms with Gasteiger partial charge < -0.3 is 28.8 Å². The molecule has 2 heterocycles. The molecule has 1 unspecified atom stereocenters. The molecule has 0 amide bonds. The number of aliphatic imine (C=N–C) groups is 1. The van der Waals surface area contributed by atoms with Crippen LogP contribution in [0.15, 0.2) is 39.1 Å². The van der Waals surface area contributed by atoms with Crippen molar-refractivity contribution in [1.29, 1.82) is 0 Å². The first-order valence-corrected chi connectivity index (χ1v) is 15.8. The van der Waals surface area contributed by atoms with Gasteiger partial charge in [0.25, 0.3) is 0 Å². The van der Waals surface area contributed by atoms with Gasteiger partial charge in [0.1, 0.15) is 35.4 Å². The molecule has 238 valence electrons. The minimum atomic E-state index is -1.31. The Kier molecular flexibility index (Phi) is 7.68. The van der Waals surface area contributed by atoms with Crippen molar-refractivity contribution in [3.8, 4) is 5.75 Å². The normalized spacial score (nSPS) is 38.1. The largest absolute Gasteiger partial charge is 0.484 e. The first-order valence-electron chi connectivity index (χ1n) is 15.8. The number of hydrogen-bond donors (Lipinski definition) is 2. The zero-order chi connectivity index (χ0) is 31.6. The molecule has 0 bridgehead atoms. The fourth-order valence-electron chi connectivity index (χ4n) is 8.32. The molecule has 10 heteroatoms. The van der Waals surface area contributed by atoms with E-state index < -0.39 is 46.3 Å². The summed E-state index contributed by atoms with van der Waals surface area (Å²) in [5.74, 6) is -1.42. The lowest BCUT2D eigenvalue weighted by atomic mass is 9.42. The summed E-state index contributed by atoms with van der Waals surface area (Å²) in [7, 11) is 0. The summed E-state index contributed by atoms with van der Waals surface area (Å²) in [6.45, 7) is 11.3. The Labute approximate surface area is 257 Å². The topological polar surface area (TPSA) is 145 Å². The Hall–Kier alpha value is -3.24. The molecule has 44 heavy (non-hydrogen) atoms. The molecule has 1 aromatic heterocycles. The predicted molar refractivity (Wildman–Crippen MR) is 161 cm³/mol. The van der Waals surface area contributed by atoms with Gasteiger partial charge in [-0.2, -0.15) is 0 Å². The van der Waals surface area contributed by atoms with Gasteiger partial charge >= 0.3 is 17.6 Å². The van der Waals surface area contributed by atoms with Crippen molar-refractivity contribution in [2.75, 3.05) is 6.61 Å². The van der Waals surface area contributed by atoms with E-state index in [2.05, 4.69) is 11.6 Å². The SMILES string of the molecule is C=C/C(=C\N=C/C)c1cc2c(c(=O)o1)[C@H](O)[C@@H]1[C@@]3(C)CC[C@H](OC(=O)C4CC4)C(C)(COC(=O)C4CC4)[C@@H]3C[C@H](O)[C@@]1(C)O2. The fraction of sp³-hybridized carbons (Fsp3) is 0.647. The van der Waals surface area contributed by atoms with Gasteiger partial charge in [0.15, 0.2) is 0 Å². The van der Waals surface area contributed by atoms with Gasteiger partial charge in [0, 0.05) is 35.4 Å².